The van der Waals surface area contributed by atoms with Crippen LogP contribution in [0.15, 0.2) is 105 Å². The van der Waals surface area contributed by atoms with Crippen molar-refractivity contribution in [3.05, 3.63) is 144 Å². The summed E-state index contributed by atoms with van der Waals surface area (Å²) in [6.07, 6.45) is 1.65. The standard InChI is InChI=1S/C37H32N2O6S/c1-5-44-36(43)31-32(24-10-7-6-8-11-24)38-37-39(33(31)25-16-14-23(15-17-25)21(2)3)34(40)30(46-37)20-26-18-19-29(45-26)27-12-9-13-28(22(27)4)35(41)42/h6-21,33H,5H2,1-4H3,(H,41,42)/b30-20-/t33-/m1/s1. The number of ether oxygens (including phenoxy) is 1. The third kappa shape index (κ3) is 5.65. The molecule has 0 saturated carbocycles. The summed E-state index contributed by atoms with van der Waals surface area (Å²) in [5.74, 6) is -0.334. The van der Waals surface area contributed by atoms with Crippen molar-refractivity contribution in [2.45, 2.75) is 39.7 Å². The van der Waals surface area contributed by atoms with Gasteiger partial charge in [0, 0.05) is 17.2 Å². The second kappa shape index (κ2) is 12.6. The van der Waals surface area contributed by atoms with Crippen molar-refractivity contribution in [3.63, 3.8) is 0 Å². The van der Waals surface area contributed by atoms with Gasteiger partial charge in [0.25, 0.3) is 5.56 Å². The second-order valence-electron chi connectivity index (χ2n) is 11.2. The maximum atomic E-state index is 14.2. The number of carbonyl (C=O) groups excluding carboxylic acids is 1. The van der Waals surface area contributed by atoms with Crippen molar-refractivity contribution in [2.24, 2.45) is 4.99 Å². The molecule has 1 aliphatic rings. The van der Waals surface area contributed by atoms with Crippen LogP contribution in [0, 0.1) is 6.92 Å². The molecule has 0 bridgehead atoms. The van der Waals surface area contributed by atoms with Crippen LogP contribution in [0.3, 0.4) is 0 Å². The molecule has 0 amide bonds. The number of carbonyl (C=O) groups is 2. The molecule has 1 atom stereocenters. The fourth-order valence-electron chi connectivity index (χ4n) is 5.66. The monoisotopic (exact) mass is 632 g/mol. The summed E-state index contributed by atoms with van der Waals surface area (Å²) in [6.45, 7) is 7.88. The first-order chi connectivity index (χ1) is 22.2. The average Bonchev–Trinajstić information content (AvgIpc) is 3.64. The quantitative estimate of drug-likeness (QED) is 0.200. The Bertz CT molecular complexity index is 2170. The van der Waals surface area contributed by atoms with Gasteiger partial charge in [0.2, 0.25) is 0 Å². The van der Waals surface area contributed by atoms with Gasteiger partial charge >= 0.3 is 11.9 Å². The van der Waals surface area contributed by atoms with Crippen molar-refractivity contribution in [1.82, 2.24) is 4.57 Å². The number of aromatic nitrogens is 1. The van der Waals surface area contributed by atoms with Crippen molar-refractivity contribution in [2.75, 3.05) is 6.61 Å². The molecule has 232 valence electrons. The van der Waals surface area contributed by atoms with Gasteiger partial charge in [0.05, 0.1) is 34.0 Å². The van der Waals surface area contributed by atoms with Crippen LogP contribution >= 0.6 is 11.3 Å². The minimum absolute atomic E-state index is 0.170. The molecule has 3 aromatic carbocycles. The summed E-state index contributed by atoms with van der Waals surface area (Å²) in [4.78, 5) is 44.9. The van der Waals surface area contributed by atoms with Crippen LogP contribution in [0.2, 0.25) is 0 Å². The SMILES string of the molecule is CCOC(=O)C1=C(c2ccccc2)N=c2s/c(=C\c3ccc(-c4cccc(C(=O)O)c4C)o3)c(=O)n2[C@@H]1c1ccc(C(C)C)cc1. The first-order valence-electron chi connectivity index (χ1n) is 15.0. The Kier molecular flexibility index (Phi) is 8.42. The molecule has 6 rings (SSSR count). The maximum Gasteiger partial charge on any atom is 0.338 e. The molecule has 8 nitrogen and oxygen atoms in total. The second-order valence-corrected chi connectivity index (χ2v) is 12.2. The number of hydrogen-bond acceptors (Lipinski definition) is 7. The zero-order valence-corrected chi connectivity index (χ0v) is 26.6. The van der Waals surface area contributed by atoms with Gasteiger partial charge in [-0.25, -0.2) is 14.6 Å². The van der Waals surface area contributed by atoms with E-state index in [0.29, 0.717) is 49.2 Å². The molecule has 5 aromatic rings. The van der Waals surface area contributed by atoms with E-state index < -0.39 is 18.0 Å². The summed E-state index contributed by atoms with van der Waals surface area (Å²) in [6, 6.07) is 25.1. The van der Waals surface area contributed by atoms with Gasteiger partial charge in [-0.05, 0) is 54.7 Å². The van der Waals surface area contributed by atoms with Gasteiger partial charge in [-0.1, -0.05) is 91.9 Å². The Morgan fingerprint density at radius 2 is 1.76 bits per heavy atom. The Morgan fingerprint density at radius 1 is 1.02 bits per heavy atom. The lowest BCUT2D eigenvalue weighted by Crippen LogP contribution is -2.40. The van der Waals surface area contributed by atoms with E-state index in [4.69, 9.17) is 14.1 Å². The molecular weight excluding hydrogens is 600 g/mol. The lowest BCUT2D eigenvalue weighted by molar-refractivity contribution is -0.138. The number of carboxylic acids is 1. The summed E-state index contributed by atoms with van der Waals surface area (Å²) in [5.41, 5.74) is 4.49. The molecule has 0 fully saturated rings. The van der Waals surface area contributed by atoms with Crippen LogP contribution in [-0.2, 0) is 9.53 Å². The zero-order valence-electron chi connectivity index (χ0n) is 25.8. The van der Waals surface area contributed by atoms with E-state index in [1.165, 1.54) is 11.3 Å². The molecule has 2 aromatic heterocycles. The minimum Gasteiger partial charge on any atom is -0.478 e. The molecule has 0 aliphatic carbocycles. The fourth-order valence-corrected chi connectivity index (χ4v) is 6.64. The summed E-state index contributed by atoms with van der Waals surface area (Å²) in [5, 5.41) is 9.55. The molecule has 0 spiro atoms. The van der Waals surface area contributed by atoms with Crippen LogP contribution in [0.1, 0.15) is 71.1 Å². The van der Waals surface area contributed by atoms with E-state index in [-0.39, 0.29) is 17.7 Å². The van der Waals surface area contributed by atoms with E-state index in [2.05, 4.69) is 13.8 Å². The molecule has 46 heavy (non-hydrogen) atoms. The number of esters is 1. The number of hydrogen-bond donors (Lipinski definition) is 1. The van der Waals surface area contributed by atoms with Gasteiger partial charge in [0.1, 0.15) is 11.5 Å². The number of thiazole rings is 1. The highest BCUT2D eigenvalue weighted by molar-refractivity contribution is 7.07. The van der Waals surface area contributed by atoms with E-state index in [1.54, 1.807) is 54.8 Å². The van der Waals surface area contributed by atoms with E-state index >= 15 is 0 Å². The summed E-state index contributed by atoms with van der Waals surface area (Å²) in [7, 11) is 0. The van der Waals surface area contributed by atoms with Gasteiger partial charge in [-0.2, -0.15) is 0 Å². The highest BCUT2D eigenvalue weighted by Gasteiger charge is 2.35. The number of rotatable bonds is 8. The van der Waals surface area contributed by atoms with Gasteiger partial charge < -0.3 is 14.3 Å². The number of carboxylic acid groups (broad SMARTS) is 1. The molecule has 1 N–H and O–H groups in total. The van der Waals surface area contributed by atoms with Crippen LogP contribution in [-0.4, -0.2) is 28.2 Å². The molecule has 9 heteroatoms. The molecule has 0 radical (unpaired) electrons. The lowest BCUT2D eigenvalue weighted by atomic mass is 9.91. The normalized spacial score (nSPS) is 14.7. The topological polar surface area (TPSA) is 111 Å². The van der Waals surface area contributed by atoms with E-state index in [9.17, 15) is 19.5 Å². The highest BCUT2D eigenvalue weighted by atomic mass is 32.1. The van der Waals surface area contributed by atoms with Crippen LogP contribution in [0.5, 0.6) is 0 Å². The van der Waals surface area contributed by atoms with Gasteiger partial charge in [-0.3, -0.25) is 9.36 Å². The average molecular weight is 633 g/mol. The Morgan fingerprint density at radius 3 is 2.43 bits per heavy atom. The van der Waals surface area contributed by atoms with Gasteiger partial charge in [-0.15, -0.1) is 0 Å². The predicted molar refractivity (Wildman–Crippen MR) is 177 cm³/mol. The largest absolute Gasteiger partial charge is 0.478 e. The van der Waals surface area contributed by atoms with Crippen molar-refractivity contribution in [3.8, 4) is 11.3 Å². The van der Waals surface area contributed by atoms with Crippen LogP contribution in [0.25, 0.3) is 23.1 Å². The molecule has 0 unspecified atom stereocenters. The first-order valence-corrected chi connectivity index (χ1v) is 15.8. The maximum absolute atomic E-state index is 14.2. The van der Waals surface area contributed by atoms with Crippen molar-refractivity contribution >= 4 is 35.0 Å². The summed E-state index contributed by atoms with van der Waals surface area (Å²) < 4.78 is 13.6. The number of fused-ring (bicyclic) bond motifs is 1. The van der Waals surface area contributed by atoms with Gasteiger partial charge in [0.15, 0.2) is 4.80 Å². The highest BCUT2D eigenvalue weighted by Crippen LogP contribution is 2.36. The third-order valence-electron chi connectivity index (χ3n) is 8.02. The van der Waals surface area contributed by atoms with Crippen LogP contribution in [0.4, 0.5) is 0 Å². The smallest absolute Gasteiger partial charge is 0.338 e. The van der Waals surface area contributed by atoms with E-state index in [1.807, 2.05) is 54.6 Å². The first kappa shape index (κ1) is 30.7. The number of aromatic carboxylic acids is 1. The zero-order chi connectivity index (χ0) is 32.5. The number of nitrogens with zero attached hydrogens (tertiary/aromatic N) is 2. The van der Waals surface area contributed by atoms with Crippen LogP contribution < -0.4 is 14.9 Å². The van der Waals surface area contributed by atoms with Crippen molar-refractivity contribution in [1.29, 1.82) is 0 Å². The minimum atomic E-state index is -1.02. The third-order valence-corrected chi connectivity index (χ3v) is 9.01. The predicted octanol–water partition coefficient (Wildman–Crippen LogP) is 6.33. The van der Waals surface area contributed by atoms with Crippen molar-refractivity contribution < 1.29 is 23.8 Å². The lowest BCUT2D eigenvalue weighted by Gasteiger charge is -2.26. The Hall–Kier alpha value is -5.28. The molecular formula is C37H32N2O6S. The molecule has 1 aliphatic heterocycles. The Balaban J connectivity index is 1.54. The molecule has 0 saturated heterocycles. The van der Waals surface area contributed by atoms with E-state index in [0.717, 1.165) is 16.7 Å². The summed E-state index contributed by atoms with van der Waals surface area (Å²) >= 11 is 1.21. The fraction of sp³-hybridized carbons (Fsp3) is 0.189. The number of benzene rings is 3. The number of furan rings is 1. The molecule has 3 heterocycles. The Labute approximate surface area is 269 Å².